The number of nitrogens with one attached hydrogen (secondary N) is 1. The minimum Gasteiger partial charge on any atom is -0.456 e. The van der Waals surface area contributed by atoms with Gasteiger partial charge in [-0.1, -0.05) is 66.5 Å². The van der Waals surface area contributed by atoms with Crippen LogP contribution in [-0.2, 0) is 22.0 Å². The monoisotopic (exact) mass is 562 g/mol. The molecule has 2 amide bonds. The Kier molecular flexibility index (Phi) is 8.62. The molecule has 1 saturated carbocycles. The molecule has 5 rings (SSSR count). The maximum atomic E-state index is 13.9. The van der Waals surface area contributed by atoms with E-state index in [0.29, 0.717) is 30.6 Å². The van der Waals surface area contributed by atoms with Crippen LogP contribution in [0.3, 0.4) is 0 Å². The standard InChI is InChI=1S/C35H50N2O3.CH4/c1-22-17-27-28(35(7,8)16-15-34(27,5)6)19-25(22)18-26-13-14-30(40-26)32(39)37-21-24-12-10-9-11-23(24)20-29(37)31(38)36-33(2,3)4;/h13-14,17,19,23-24,29H,9-12,15-16,18,20-21H2,1-8H3,(H,36,38);1H4/t23-,24+,29?;/m1./s1. The Balaban J connectivity index is 0.00000387. The number of rotatable bonds is 4. The molecule has 3 aliphatic rings. The highest BCUT2D eigenvalue weighted by Crippen LogP contribution is 2.47. The Morgan fingerprint density at radius 3 is 2.22 bits per heavy atom. The summed E-state index contributed by atoms with van der Waals surface area (Å²) in [5.74, 6) is 1.91. The maximum absolute atomic E-state index is 13.9. The van der Waals surface area contributed by atoms with Crippen LogP contribution in [0.15, 0.2) is 28.7 Å². The topological polar surface area (TPSA) is 62.6 Å². The highest BCUT2D eigenvalue weighted by Gasteiger charge is 2.43. The van der Waals surface area contributed by atoms with Gasteiger partial charge in [-0.25, -0.2) is 0 Å². The zero-order chi connectivity index (χ0) is 29.0. The zero-order valence-corrected chi connectivity index (χ0v) is 26.1. The van der Waals surface area contributed by atoms with Crippen LogP contribution < -0.4 is 5.32 Å². The second kappa shape index (κ2) is 11.3. The second-order valence-corrected chi connectivity index (χ2v) is 15.3. The lowest BCUT2D eigenvalue weighted by atomic mass is 9.62. The number of amides is 2. The molecule has 0 spiro atoms. The molecule has 5 nitrogen and oxygen atoms in total. The third kappa shape index (κ3) is 6.44. The van der Waals surface area contributed by atoms with Gasteiger partial charge in [-0.3, -0.25) is 9.59 Å². The van der Waals surface area contributed by atoms with Gasteiger partial charge in [-0.15, -0.1) is 0 Å². The van der Waals surface area contributed by atoms with Gasteiger partial charge in [-0.2, -0.15) is 0 Å². The van der Waals surface area contributed by atoms with Crippen LogP contribution in [-0.4, -0.2) is 34.8 Å². The van der Waals surface area contributed by atoms with Gasteiger partial charge in [-0.05, 0) is 110 Å². The molecule has 2 fully saturated rings. The van der Waals surface area contributed by atoms with Gasteiger partial charge < -0.3 is 14.6 Å². The lowest BCUT2D eigenvalue weighted by molar-refractivity contribution is -0.130. The number of hydrogen-bond acceptors (Lipinski definition) is 3. The van der Waals surface area contributed by atoms with Crippen molar-refractivity contribution in [2.45, 2.75) is 137 Å². The molecule has 1 aliphatic heterocycles. The molecular formula is C36H54N2O3. The number of aryl methyl sites for hydroxylation is 1. The van der Waals surface area contributed by atoms with Gasteiger partial charge in [0.05, 0.1) is 0 Å². The van der Waals surface area contributed by atoms with E-state index in [9.17, 15) is 9.59 Å². The summed E-state index contributed by atoms with van der Waals surface area (Å²) in [6.45, 7) is 18.2. The molecule has 3 atom stereocenters. The fraction of sp³-hybridized carbons (Fsp3) is 0.667. The molecule has 0 radical (unpaired) electrons. The van der Waals surface area contributed by atoms with Gasteiger partial charge in [0.1, 0.15) is 11.8 Å². The van der Waals surface area contributed by atoms with Crippen molar-refractivity contribution >= 4 is 11.8 Å². The molecule has 0 bridgehead atoms. The van der Waals surface area contributed by atoms with Crippen molar-refractivity contribution in [2.75, 3.05) is 6.54 Å². The number of benzene rings is 1. The number of piperidine rings is 1. The van der Waals surface area contributed by atoms with Crippen LogP contribution in [0.2, 0.25) is 0 Å². The van der Waals surface area contributed by atoms with Crippen LogP contribution in [0.4, 0.5) is 0 Å². The molecule has 5 heteroatoms. The van der Waals surface area contributed by atoms with Crippen LogP contribution in [0.1, 0.15) is 139 Å². The molecular weight excluding hydrogens is 508 g/mol. The van der Waals surface area contributed by atoms with Crippen LogP contribution in [0.5, 0.6) is 0 Å². The molecule has 2 heterocycles. The number of carbonyl (C=O) groups is 2. The second-order valence-electron chi connectivity index (χ2n) is 15.3. The van der Waals surface area contributed by atoms with Gasteiger partial charge in [0.15, 0.2) is 5.76 Å². The normalized spacial score (nSPS) is 25.0. The minimum atomic E-state index is -0.451. The summed E-state index contributed by atoms with van der Waals surface area (Å²) in [4.78, 5) is 29.1. The van der Waals surface area contributed by atoms with Gasteiger partial charge >= 0.3 is 0 Å². The highest BCUT2D eigenvalue weighted by molar-refractivity contribution is 5.96. The Labute approximate surface area is 248 Å². The van der Waals surface area contributed by atoms with E-state index in [1.807, 2.05) is 37.8 Å². The minimum absolute atomic E-state index is 0. The predicted molar refractivity (Wildman–Crippen MR) is 167 cm³/mol. The van der Waals surface area contributed by atoms with Crippen molar-refractivity contribution in [2.24, 2.45) is 11.8 Å². The van der Waals surface area contributed by atoms with Gasteiger partial charge in [0.25, 0.3) is 5.91 Å². The fourth-order valence-corrected chi connectivity index (χ4v) is 7.43. The third-order valence-corrected chi connectivity index (χ3v) is 10.0. The molecule has 1 aromatic heterocycles. The summed E-state index contributed by atoms with van der Waals surface area (Å²) in [5, 5.41) is 3.14. The first kappa shape index (κ1) is 31.4. The summed E-state index contributed by atoms with van der Waals surface area (Å²) in [6.07, 6.45) is 8.50. The highest BCUT2D eigenvalue weighted by atomic mass is 16.4. The number of furan rings is 1. The molecule has 1 aromatic carbocycles. The Hall–Kier alpha value is -2.56. The lowest BCUT2D eigenvalue weighted by Gasteiger charge is -2.45. The predicted octanol–water partition coefficient (Wildman–Crippen LogP) is 8.10. The van der Waals surface area contributed by atoms with Crippen molar-refractivity contribution < 1.29 is 14.0 Å². The molecule has 41 heavy (non-hydrogen) atoms. The molecule has 2 aromatic rings. The van der Waals surface area contributed by atoms with Crippen LogP contribution in [0.25, 0.3) is 0 Å². The number of hydrogen-bond donors (Lipinski definition) is 1. The van der Waals surface area contributed by atoms with Crippen LogP contribution >= 0.6 is 0 Å². The first-order valence-corrected chi connectivity index (χ1v) is 15.5. The van der Waals surface area contributed by atoms with E-state index in [-0.39, 0.29) is 35.6 Å². The van der Waals surface area contributed by atoms with E-state index >= 15 is 0 Å². The number of carbonyl (C=O) groups excluding carboxylic acids is 2. The third-order valence-electron chi connectivity index (χ3n) is 10.0. The number of fused-ring (bicyclic) bond motifs is 2. The van der Waals surface area contributed by atoms with Crippen molar-refractivity contribution in [3.8, 4) is 0 Å². The molecule has 1 saturated heterocycles. The Morgan fingerprint density at radius 2 is 1.59 bits per heavy atom. The van der Waals surface area contributed by atoms with E-state index in [1.165, 1.54) is 47.9 Å². The number of nitrogens with zero attached hydrogens (tertiary/aromatic N) is 1. The smallest absolute Gasteiger partial charge is 0.290 e. The maximum Gasteiger partial charge on any atom is 0.290 e. The lowest BCUT2D eigenvalue weighted by Crippen LogP contribution is -2.59. The van der Waals surface area contributed by atoms with E-state index in [2.05, 4.69) is 52.1 Å². The van der Waals surface area contributed by atoms with Gasteiger partial charge in [0.2, 0.25) is 5.91 Å². The summed E-state index contributed by atoms with van der Waals surface area (Å²) < 4.78 is 6.24. The average Bonchev–Trinajstić information content (AvgIpc) is 3.34. The zero-order valence-electron chi connectivity index (χ0n) is 26.1. The summed E-state index contributed by atoms with van der Waals surface area (Å²) in [5.41, 5.74) is 5.41. The first-order valence-electron chi connectivity index (χ1n) is 15.5. The van der Waals surface area contributed by atoms with Crippen molar-refractivity contribution in [3.63, 3.8) is 0 Å². The molecule has 226 valence electrons. The summed E-state index contributed by atoms with van der Waals surface area (Å²) >= 11 is 0. The van der Waals surface area contributed by atoms with Crippen LogP contribution in [0, 0.1) is 18.8 Å². The van der Waals surface area contributed by atoms with Crippen molar-refractivity contribution in [3.05, 3.63) is 58.0 Å². The molecule has 2 aliphatic carbocycles. The fourth-order valence-electron chi connectivity index (χ4n) is 7.43. The Morgan fingerprint density at radius 1 is 0.976 bits per heavy atom. The molecule has 1 unspecified atom stereocenters. The van der Waals surface area contributed by atoms with E-state index in [0.717, 1.165) is 25.0 Å². The summed E-state index contributed by atoms with van der Waals surface area (Å²) in [6, 6.07) is 8.07. The van der Waals surface area contributed by atoms with E-state index < -0.39 is 6.04 Å². The Bertz CT molecular complexity index is 1280. The number of likely N-dealkylation sites (tertiary alicyclic amines) is 1. The largest absolute Gasteiger partial charge is 0.456 e. The molecule has 1 N–H and O–H groups in total. The summed E-state index contributed by atoms with van der Waals surface area (Å²) in [7, 11) is 0. The average molecular weight is 563 g/mol. The van der Waals surface area contributed by atoms with Crippen molar-refractivity contribution in [1.82, 2.24) is 10.2 Å². The van der Waals surface area contributed by atoms with Gasteiger partial charge in [0, 0.05) is 18.5 Å². The SMILES string of the molecule is C.Cc1cc2c(cc1Cc1ccc(C(=O)N3C[C@@H]4CCCC[C@@H]4CC3C(=O)NC(C)(C)C)o1)C(C)(C)CCC2(C)C. The quantitative estimate of drug-likeness (QED) is 0.409. The van der Waals surface area contributed by atoms with E-state index in [1.54, 1.807) is 0 Å². The van der Waals surface area contributed by atoms with E-state index in [4.69, 9.17) is 4.42 Å². The van der Waals surface area contributed by atoms with Crippen molar-refractivity contribution in [1.29, 1.82) is 0 Å². The first-order chi connectivity index (χ1) is 18.6.